The van der Waals surface area contributed by atoms with Gasteiger partial charge in [-0.1, -0.05) is 6.07 Å². The maximum atomic E-state index is 13.0. The number of ether oxygens (including phenoxy) is 1. The first kappa shape index (κ1) is 20.3. The van der Waals surface area contributed by atoms with E-state index in [1.807, 2.05) is 18.2 Å². The van der Waals surface area contributed by atoms with Gasteiger partial charge >= 0.3 is 5.69 Å². The molecule has 3 aliphatic rings. The predicted molar refractivity (Wildman–Crippen MR) is 115 cm³/mol. The first-order valence-electron chi connectivity index (χ1n) is 11.1. The summed E-state index contributed by atoms with van der Waals surface area (Å²) < 4.78 is 9.42. The van der Waals surface area contributed by atoms with Crippen molar-refractivity contribution in [2.24, 2.45) is 13.0 Å². The van der Waals surface area contributed by atoms with Crippen LogP contribution in [0.2, 0.25) is 0 Å². The second kappa shape index (κ2) is 8.12. The fourth-order valence-corrected chi connectivity index (χ4v) is 4.96. The number of aryl methyl sites for hydroxylation is 1. The first-order valence-corrected chi connectivity index (χ1v) is 11.1. The van der Waals surface area contributed by atoms with Gasteiger partial charge in [-0.2, -0.15) is 0 Å². The second-order valence-corrected chi connectivity index (χ2v) is 8.94. The van der Waals surface area contributed by atoms with Gasteiger partial charge in [0.25, 0.3) is 0 Å². The van der Waals surface area contributed by atoms with E-state index in [2.05, 4.69) is 15.5 Å². The topological polar surface area (TPSA) is 97.6 Å². The van der Waals surface area contributed by atoms with Crippen molar-refractivity contribution in [3.05, 3.63) is 28.7 Å². The van der Waals surface area contributed by atoms with E-state index in [9.17, 15) is 14.4 Å². The molecule has 2 aromatic rings. The molecule has 5 rings (SSSR count). The maximum Gasteiger partial charge on any atom is 0.329 e. The molecule has 0 aliphatic carbocycles. The number of carbonyl (C=O) groups is 2. The number of aromatic nitrogens is 2. The van der Waals surface area contributed by atoms with Crippen LogP contribution >= 0.6 is 0 Å². The van der Waals surface area contributed by atoms with Crippen LogP contribution in [-0.2, 0) is 16.6 Å². The molecule has 9 heteroatoms. The molecule has 0 spiro atoms. The Hall–Kier alpha value is -2.65. The highest BCUT2D eigenvalue weighted by atomic mass is 16.5. The fourth-order valence-electron chi connectivity index (χ4n) is 4.96. The SMILES string of the molecule is Cn1c(=O)n(C2CCC(=O)NC2=O)c2cccc(OC3CCN(CC4CNC4)CC3)c21. The number of likely N-dealkylation sites (tertiary alicyclic amines) is 1. The van der Waals surface area contributed by atoms with Crippen molar-refractivity contribution in [2.45, 2.75) is 37.8 Å². The predicted octanol–water partition coefficient (Wildman–Crippen LogP) is 0.380. The minimum atomic E-state index is -0.687. The summed E-state index contributed by atoms with van der Waals surface area (Å²) in [7, 11) is 1.70. The Kier molecular flexibility index (Phi) is 5.31. The Bertz CT molecular complexity index is 1060. The zero-order valence-electron chi connectivity index (χ0n) is 17.8. The van der Waals surface area contributed by atoms with Crippen LogP contribution in [-0.4, -0.2) is 64.7 Å². The monoisotopic (exact) mass is 427 g/mol. The quantitative estimate of drug-likeness (QED) is 0.670. The zero-order valence-corrected chi connectivity index (χ0v) is 17.8. The summed E-state index contributed by atoms with van der Waals surface area (Å²) >= 11 is 0. The highest BCUT2D eigenvalue weighted by molar-refractivity contribution is 6.00. The van der Waals surface area contributed by atoms with Gasteiger partial charge in [-0.25, -0.2) is 4.79 Å². The van der Waals surface area contributed by atoms with Crippen LogP contribution < -0.4 is 21.1 Å². The number of piperidine rings is 2. The molecule has 0 radical (unpaired) electrons. The highest BCUT2D eigenvalue weighted by Crippen LogP contribution is 2.30. The Morgan fingerprint density at radius 3 is 2.55 bits per heavy atom. The number of benzene rings is 1. The average molecular weight is 428 g/mol. The van der Waals surface area contributed by atoms with Gasteiger partial charge < -0.3 is 15.0 Å². The summed E-state index contributed by atoms with van der Waals surface area (Å²) in [4.78, 5) is 39.5. The van der Waals surface area contributed by atoms with Crippen LogP contribution in [0.25, 0.3) is 11.0 Å². The molecule has 4 heterocycles. The molecule has 1 aromatic carbocycles. The molecule has 3 aliphatic heterocycles. The van der Waals surface area contributed by atoms with E-state index in [0.717, 1.165) is 51.5 Å². The Labute approximate surface area is 180 Å². The summed E-state index contributed by atoms with van der Waals surface area (Å²) in [5, 5.41) is 5.68. The Balaban J connectivity index is 1.36. The summed E-state index contributed by atoms with van der Waals surface area (Å²) in [6.45, 7) is 5.44. The third-order valence-corrected chi connectivity index (χ3v) is 6.80. The van der Waals surface area contributed by atoms with Crippen molar-refractivity contribution in [1.82, 2.24) is 24.7 Å². The minimum absolute atomic E-state index is 0.107. The maximum absolute atomic E-state index is 13.0. The molecule has 1 atom stereocenters. The van der Waals surface area contributed by atoms with Crippen molar-refractivity contribution in [3.8, 4) is 5.75 Å². The molecule has 166 valence electrons. The summed E-state index contributed by atoms with van der Waals surface area (Å²) in [5.41, 5.74) is 1.08. The number of nitrogens with zero attached hydrogens (tertiary/aromatic N) is 3. The smallest absolute Gasteiger partial charge is 0.329 e. The van der Waals surface area contributed by atoms with Crippen LogP contribution in [0.4, 0.5) is 0 Å². The van der Waals surface area contributed by atoms with E-state index >= 15 is 0 Å². The van der Waals surface area contributed by atoms with Crippen molar-refractivity contribution in [1.29, 1.82) is 0 Å². The third kappa shape index (κ3) is 3.76. The molecule has 2 N–H and O–H groups in total. The lowest BCUT2D eigenvalue weighted by Crippen LogP contribution is -2.50. The van der Waals surface area contributed by atoms with Gasteiger partial charge in [0.15, 0.2) is 0 Å². The van der Waals surface area contributed by atoms with E-state index in [4.69, 9.17) is 4.74 Å². The van der Waals surface area contributed by atoms with Gasteiger partial charge in [0.2, 0.25) is 11.8 Å². The lowest BCUT2D eigenvalue weighted by atomic mass is 10.0. The fraction of sp³-hybridized carbons (Fsp3) is 0.591. The molecule has 0 bridgehead atoms. The van der Waals surface area contributed by atoms with Crippen LogP contribution in [0, 0.1) is 5.92 Å². The number of hydrogen-bond acceptors (Lipinski definition) is 6. The van der Waals surface area contributed by atoms with Crippen molar-refractivity contribution in [3.63, 3.8) is 0 Å². The van der Waals surface area contributed by atoms with E-state index in [1.54, 1.807) is 11.6 Å². The number of amides is 2. The lowest BCUT2D eigenvalue weighted by molar-refractivity contribution is -0.135. The molecule has 0 saturated carbocycles. The van der Waals surface area contributed by atoms with Crippen LogP contribution in [0.3, 0.4) is 0 Å². The van der Waals surface area contributed by atoms with Gasteiger partial charge in [0, 0.05) is 46.2 Å². The molecular formula is C22H29N5O4. The van der Waals surface area contributed by atoms with E-state index < -0.39 is 11.9 Å². The number of imide groups is 1. The van der Waals surface area contributed by atoms with Crippen molar-refractivity contribution < 1.29 is 14.3 Å². The number of hydrogen-bond donors (Lipinski definition) is 2. The summed E-state index contributed by atoms with van der Waals surface area (Å²) in [6.07, 6.45) is 2.57. The van der Waals surface area contributed by atoms with Gasteiger partial charge in [0.05, 0.1) is 5.52 Å². The summed E-state index contributed by atoms with van der Waals surface area (Å²) in [5.74, 6) is 0.724. The largest absolute Gasteiger partial charge is 0.488 e. The van der Waals surface area contributed by atoms with Gasteiger partial charge in [-0.05, 0) is 37.3 Å². The highest BCUT2D eigenvalue weighted by Gasteiger charge is 2.32. The second-order valence-electron chi connectivity index (χ2n) is 8.94. The van der Waals surface area contributed by atoms with Crippen LogP contribution in [0.15, 0.2) is 23.0 Å². The lowest BCUT2D eigenvalue weighted by Gasteiger charge is -2.37. The zero-order chi connectivity index (χ0) is 21.5. The molecule has 9 nitrogen and oxygen atoms in total. The number of imidazole rings is 1. The Morgan fingerprint density at radius 1 is 1.10 bits per heavy atom. The summed E-state index contributed by atoms with van der Waals surface area (Å²) in [6, 6.07) is 4.90. The molecule has 1 unspecified atom stereocenters. The standard InChI is InChI=1S/C22H29N5O4/c1-25-20-16(27(22(25)30)17-5-6-19(28)24-21(17)29)3-2-4-18(20)31-15-7-9-26(10-8-15)13-14-11-23-12-14/h2-4,14-15,17,23H,5-13H2,1H3,(H,24,28,29). The number of carbonyl (C=O) groups excluding carboxylic acids is 2. The van der Waals surface area contributed by atoms with Crippen molar-refractivity contribution >= 4 is 22.8 Å². The number of rotatable bonds is 5. The number of para-hydroxylation sites is 1. The molecule has 3 saturated heterocycles. The van der Waals surface area contributed by atoms with Crippen LogP contribution in [0.5, 0.6) is 5.75 Å². The molecule has 2 amide bonds. The van der Waals surface area contributed by atoms with E-state index in [-0.39, 0.29) is 24.1 Å². The molecule has 31 heavy (non-hydrogen) atoms. The molecule has 3 fully saturated rings. The van der Waals surface area contributed by atoms with Gasteiger partial charge in [-0.3, -0.25) is 24.0 Å². The normalized spacial score (nSPS) is 23.7. The minimum Gasteiger partial charge on any atom is -0.488 e. The van der Waals surface area contributed by atoms with E-state index in [0.29, 0.717) is 23.2 Å². The van der Waals surface area contributed by atoms with E-state index in [1.165, 1.54) is 4.57 Å². The van der Waals surface area contributed by atoms with Crippen LogP contribution in [0.1, 0.15) is 31.7 Å². The molecular weight excluding hydrogens is 398 g/mol. The Morgan fingerprint density at radius 2 is 1.87 bits per heavy atom. The molecule has 1 aromatic heterocycles. The van der Waals surface area contributed by atoms with Gasteiger partial charge in [-0.15, -0.1) is 0 Å². The first-order chi connectivity index (χ1) is 15.0. The number of nitrogens with one attached hydrogen (secondary N) is 2. The van der Waals surface area contributed by atoms with Crippen molar-refractivity contribution in [2.75, 3.05) is 32.7 Å². The number of fused-ring (bicyclic) bond motifs is 1. The third-order valence-electron chi connectivity index (χ3n) is 6.80. The van der Waals surface area contributed by atoms with Gasteiger partial charge in [0.1, 0.15) is 23.4 Å². The average Bonchev–Trinajstić information content (AvgIpc) is 2.98.